The lowest BCUT2D eigenvalue weighted by Crippen LogP contribution is -2.18. The normalized spacial score (nSPS) is 11.9. The zero-order valence-corrected chi connectivity index (χ0v) is 12.3. The number of hydrogen-bond donors (Lipinski definition) is 1. The lowest BCUT2D eigenvalue weighted by Gasteiger charge is -2.18. The van der Waals surface area contributed by atoms with Crippen molar-refractivity contribution in [1.82, 2.24) is 0 Å². The smallest absolute Gasteiger partial charge is 0.136 e. The van der Waals surface area contributed by atoms with Gasteiger partial charge in [-0.25, -0.2) is 0 Å². The number of ether oxygens (including phenoxy) is 2. The van der Waals surface area contributed by atoms with E-state index in [2.05, 4.69) is 15.9 Å². The van der Waals surface area contributed by atoms with Crippen molar-refractivity contribution < 1.29 is 9.47 Å². The minimum absolute atomic E-state index is 0.151. The van der Waals surface area contributed by atoms with Crippen LogP contribution in [0.2, 0.25) is 0 Å². The van der Waals surface area contributed by atoms with E-state index in [1.54, 1.807) is 7.11 Å². The van der Waals surface area contributed by atoms with Crippen molar-refractivity contribution in [2.75, 3.05) is 13.7 Å². The molecule has 0 aliphatic rings. The van der Waals surface area contributed by atoms with Crippen molar-refractivity contribution in [3.63, 3.8) is 0 Å². The number of methoxy groups -OCH3 is 1. The van der Waals surface area contributed by atoms with Crippen LogP contribution in [0.1, 0.15) is 11.7 Å². The van der Waals surface area contributed by atoms with E-state index in [1.807, 2.05) is 48.5 Å². The van der Waals surface area contributed by atoms with Crippen LogP contribution in [-0.2, 0) is 0 Å². The highest BCUT2D eigenvalue weighted by molar-refractivity contribution is 9.10. The maximum atomic E-state index is 5.89. The van der Waals surface area contributed by atoms with E-state index >= 15 is 0 Å². The molecule has 4 heteroatoms. The molecule has 2 aromatic carbocycles. The summed E-state index contributed by atoms with van der Waals surface area (Å²) in [4.78, 5) is 0. The Morgan fingerprint density at radius 2 is 1.58 bits per heavy atom. The molecule has 0 fully saturated rings. The van der Waals surface area contributed by atoms with Gasteiger partial charge in [-0.3, -0.25) is 0 Å². The van der Waals surface area contributed by atoms with E-state index < -0.39 is 0 Å². The summed E-state index contributed by atoms with van der Waals surface area (Å²) in [5, 5.41) is 0. The Bertz CT molecular complexity index is 511. The van der Waals surface area contributed by atoms with Gasteiger partial charge in [0, 0.05) is 11.0 Å². The summed E-state index contributed by atoms with van der Waals surface area (Å²) in [6, 6.07) is 15.5. The predicted molar refractivity (Wildman–Crippen MR) is 79.6 cm³/mol. The Balaban J connectivity index is 2.11. The SMILES string of the molecule is COc1ccc(OC(CN)c2ccc(Br)cc2)cc1. The lowest BCUT2D eigenvalue weighted by molar-refractivity contribution is 0.214. The Morgan fingerprint density at radius 3 is 2.11 bits per heavy atom. The molecule has 0 saturated carbocycles. The van der Waals surface area contributed by atoms with Gasteiger partial charge in [-0.1, -0.05) is 28.1 Å². The number of rotatable bonds is 5. The second kappa shape index (κ2) is 6.59. The Morgan fingerprint density at radius 1 is 1.00 bits per heavy atom. The van der Waals surface area contributed by atoms with Crippen molar-refractivity contribution in [3.05, 3.63) is 58.6 Å². The number of hydrogen-bond acceptors (Lipinski definition) is 3. The van der Waals surface area contributed by atoms with Gasteiger partial charge in [-0.15, -0.1) is 0 Å². The molecule has 0 aliphatic heterocycles. The summed E-state index contributed by atoms with van der Waals surface area (Å²) in [5.41, 5.74) is 6.84. The molecule has 0 amide bonds. The third-order valence-electron chi connectivity index (χ3n) is 2.79. The quantitative estimate of drug-likeness (QED) is 0.916. The third-order valence-corrected chi connectivity index (χ3v) is 3.32. The van der Waals surface area contributed by atoms with Crippen molar-refractivity contribution in [1.29, 1.82) is 0 Å². The maximum Gasteiger partial charge on any atom is 0.136 e. The van der Waals surface area contributed by atoms with Gasteiger partial charge in [0.25, 0.3) is 0 Å². The average Bonchev–Trinajstić information content (AvgIpc) is 2.46. The molecule has 0 heterocycles. The first-order valence-electron chi connectivity index (χ1n) is 5.99. The van der Waals surface area contributed by atoms with Gasteiger partial charge in [0.15, 0.2) is 0 Å². The molecule has 100 valence electrons. The molecular weight excluding hydrogens is 306 g/mol. The van der Waals surface area contributed by atoms with Crippen molar-refractivity contribution in [2.45, 2.75) is 6.10 Å². The van der Waals surface area contributed by atoms with Gasteiger partial charge in [-0.05, 0) is 42.0 Å². The molecule has 0 aliphatic carbocycles. The van der Waals surface area contributed by atoms with Crippen LogP contribution in [0.5, 0.6) is 11.5 Å². The zero-order chi connectivity index (χ0) is 13.7. The lowest BCUT2D eigenvalue weighted by atomic mass is 10.1. The summed E-state index contributed by atoms with van der Waals surface area (Å²) >= 11 is 3.41. The van der Waals surface area contributed by atoms with Crippen molar-refractivity contribution >= 4 is 15.9 Å². The summed E-state index contributed by atoms with van der Waals surface area (Å²) in [6.45, 7) is 0.424. The zero-order valence-electron chi connectivity index (χ0n) is 10.7. The Labute approximate surface area is 121 Å². The van der Waals surface area contributed by atoms with Gasteiger partial charge in [-0.2, -0.15) is 0 Å². The first-order valence-corrected chi connectivity index (χ1v) is 6.78. The van der Waals surface area contributed by atoms with Crippen LogP contribution in [0.15, 0.2) is 53.0 Å². The van der Waals surface area contributed by atoms with Crippen LogP contribution >= 0.6 is 15.9 Å². The highest BCUT2D eigenvalue weighted by atomic mass is 79.9. The van der Waals surface area contributed by atoms with Gasteiger partial charge < -0.3 is 15.2 Å². The molecule has 0 saturated heterocycles. The molecular formula is C15H16BrNO2. The Kier molecular flexibility index (Phi) is 4.82. The van der Waals surface area contributed by atoms with Crippen LogP contribution < -0.4 is 15.2 Å². The van der Waals surface area contributed by atoms with Crippen LogP contribution in [0.4, 0.5) is 0 Å². The summed E-state index contributed by atoms with van der Waals surface area (Å²) in [5.74, 6) is 1.58. The first-order chi connectivity index (χ1) is 9.22. The summed E-state index contributed by atoms with van der Waals surface area (Å²) in [6.07, 6.45) is -0.151. The fourth-order valence-electron chi connectivity index (χ4n) is 1.75. The fraction of sp³-hybridized carbons (Fsp3) is 0.200. The minimum Gasteiger partial charge on any atom is -0.497 e. The molecule has 0 bridgehead atoms. The molecule has 1 unspecified atom stereocenters. The van der Waals surface area contributed by atoms with Crippen LogP contribution in [0, 0.1) is 0 Å². The number of benzene rings is 2. The molecule has 3 nitrogen and oxygen atoms in total. The molecule has 2 aromatic rings. The summed E-state index contributed by atoms with van der Waals surface area (Å²) in [7, 11) is 1.64. The van der Waals surface area contributed by atoms with E-state index in [1.165, 1.54) is 0 Å². The van der Waals surface area contributed by atoms with Gasteiger partial charge in [0.2, 0.25) is 0 Å². The Hall–Kier alpha value is -1.52. The summed E-state index contributed by atoms with van der Waals surface area (Å²) < 4.78 is 12.0. The average molecular weight is 322 g/mol. The van der Waals surface area contributed by atoms with Crippen molar-refractivity contribution in [2.24, 2.45) is 5.73 Å². The predicted octanol–water partition coefficient (Wildman–Crippen LogP) is 3.54. The van der Waals surface area contributed by atoms with Crippen LogP contribution in [0.3, 0.4) is 0 Å². The number of nitrogens with two attached hydrogens (primary N) is 1. The minimum atomic E-state index is -0.151. The van der Waals surface area contributed by atoms with Crippen molar-refractivity contribution in [3.8, 4) is 11.5 Å². The maximum absolute atomic E-state index is 5.89. The van der Waals surface area contributed by atoms with E-state index in [4.69, 9.17) is 15.2 Å². The molecule has 0 radical (unpaired) electrons. The van der Waals surface area contributed by atoms with E-state index in [0.717, 1.165) is 21.5 Å². The van der Waals surface area contributed by atoms with E-state index in [9.17, 15) is 0 Å². The van der Waals surface area contributed by atoms with E-state index in [-0.39, 0.29) is 6.10 Å². The highest BCUT2D eigenvalue weighted by Gasteiger charge is 2.11. The largest absolute Gasteiger partial charge is 0.497 e. The standard InChI is InChI=1S/C15H16BrNO2/c1-18-13-6-8-14(9-7-13)19-15(10-17)11-2-4-12(16)5-3-11/h2-9,15H,10,17H2,1H3. The first kappa shape index (κ1) is 13.9. The molecule has 2 rings (SSSR count). The second-order valence-corrected chi connectivity index (χ2v) is 4.98. The van der Waals surface area contributed by atoms with Gasteiger partial charge in [0.05, 0.1) is 7.11 Å². The van der Waals surface area contributed by atoms with Crippen LogP contribution in [-0.4, -0.2) is 13.7 Å². The highest BCUT2D eigenvalue weighted by Crippen LogP contribution is 2.24. The van der Waals surface area contributed by atoms with Gasteiger partial charge in [0.1, 0.15) is 17.6 Å². The molecule has 2 N–H and O–H groups in total. The van der Waals surface area contributed by atoms with Crippen LogP contribution in [0.25, 0.3) is 0 Å². The molecule has 19 heavy (non-hydrogen) atoms. The second-order valence-electron chi connectivity index (χ2n) is 4.07. The molecule has 1 atom stereocenters. The monoisotopic (exact) mass is 321 g/mol. The van der Waals surface area contributed by atoms with Gasteiger partial charge >= 0.3 is 0 Å². The topological polar surface area (TPSA) is 44.5 Å². The third kappa shape index (κ3) is 3.72. The van der Waals surface area contributed by atoms with E-state index in [0.29, 0.717) is 6.54 Å². The molecule has 0 aromatic heterocycles. The number of halogens is 1. The molecule has 0 spiro atoms. The fourth-order valence-corrected chi connectivity index (χ4v) is 2.01.